The summed E-state index contributed by atoms with van der Waals surface area (Å²) >= 11 is 4.62. The first kappa shape index (κ1) is 14.5. The SMILES string of the molecule is C[C@]1(NC(=O)CNC(=O)c2ccc(Br)s2)CCOC1. The van der Waals surface area contributed by atoms with Crippen LogP contribution in [0.15, 0.2) is 15.9 Å². The normalized spacial score (nSPS) is 22.2. The van der Waals surface area contributed by atoms with Gasteiger partial charge >= 0.3 is 0 Å². The Balaban J connectivity index is 1.79. The molecule has 2 heterocycles. The second kappa shape index (κ2) is 6.02. The van der Waals surface area contributed by atoms with Crippen LogP contribution in [-0.4, -0.2) is 37.1 Å². The minimum Gasteiger partial charge on any atom is -0.379 e. The molecule has 1 aliphatic rings. The first-order valence-electron chi connectivity index (χ1n) is 5.91. The van der Waals surface area contributed by atoms with Crippen LogP contribution in [0, 0.1) is 0 Å². The highest BCUT2D eigenvalue weighted by Gasteiger charge is 2.31. The van der Waals surface area contributed by atoms with E-state index in [-0.39, 0.29) is 23.9 Å². The summed E-state index contributed by atoms with van der Waals surface area (Å²) in [6.45, 7) is 3.09. The average Bonchev–Trinajstić information content (AvgIpc) is 2.95. The van der Waals surface area contributed by atoms with Crippen molar-refractivity contribution >= 4 is 39.1 Å². The number of carbonyl (C=O) groups is 2. The smallest absolute Gasteiger partial charge is 0.261 e. The van der Waals surface area contributed by atoms with Crippen LogP contribution in [-0.2, 0) is 9.53 Å². The van der Waals surface area contributed by atoms with Gasteiger partial charge in [-0.2, -0.15) is 0 Å². The van der Waals surface area contributed by atoms with Gasteiger partial charge in [0.15, 0.2) is 0 Å². The van der Waals surface area contributed by atoms with Crippen LogP contribution in [0.25, 0.3) is 0 Å². The molecule has 1 aromatic heterocycles. The molecule has 0 unspecified atom stereocenters. The van der Waals surface area contributed by atoms with Gasteiger partial charge in [-0.25, -0.2) is 0 Å². The topological polar surface area (TPSA) is 67.4 Å². The molecule has 1 atom stereocenters. The summed E-state index contributed by atoms with van der Waals surface area (Å²) < 4.78 is 6.14. The molecule has 0 radical (unpaired) electrons. The summed E-state index contributed by atoms with van der Waals surface area (Å²) in [6, 6.07) is 3.52. The van der Waals surface area contributed by atoms with E-state index >= 15 is 0 Å². The third-order valence-electron chi connectivity index (χ3n) is 2.87. The molecule has 2 N–H and O–H groups in total. The van der Waals surface area contributed by atoms with Crippen molar-refractivity contribution in [2.24, 2.45) is 0 Å². The highest BCUT2D eigenvalue weighted by atomic mass is 79.9. The van der Waals surface area contributed by atoms with E-state index in [1.165, 1.54) is 11.3 Å². The lowest BCUT2D eigenvalue weighted by molar-refractivity contribution is -0.121. The summed E-state index contributed by atoms with van der Waals surface area (Å²) in [5.41, 5.74) is -0.312. The zero-order valence-electron chi connectivity index (χ0n) is 10.5. The summed E-state index contributed by atoms with van der Waals surface area (Å²) in [4.78, 5) is 24.1. The van der Waals surface area contributed by atoms with Crippen molar-refractivity contribution in [2.45, 2.75) is 18.9 Å². The molecule has 7 heteroatoms. The van der Waals surface area contributed by atoms with E-state index in [1.54, 1.807) is 12.1 Å². The summed E-state index contributed by atoms with van der Waals surface area (Å²) in [5.74, 6) is -0.435. The van der Waals surface area contributed by atoms with Crippen LogP contribution in [0.2, 0.25) is 0 Å². The fourth-order valence-corrected chi connectivity index (χ4v) is 3.13. The van der Waals surface area contributed by atoms with E-state index in [0.29, 0.717) is 18.1 Å². The Kier molecular flexibility index (Phi) is 4.59. The molecule has 0 bridgehead atoms. The molecule has 1 fully saturated rings. The standard InChI is InChI=1S/C12H15BrN2O3S/c1-12(4-5-18-7-12)15-10(16)6-14-11(17)8-2-3-9(13)19-8/h2-3H,4-7H2,1H3,(H,14,17)(H,15,16)/t12-/m0/s1. The average molecular weight is 347 g/mol. The maximum Gasteiger partial charge on any atom is 0.261 e. The van der Waals surface area contributed by atoms with Gasteiger partial charge in [-0.15, -0.1) is 11.3 Å². The van der Waals surface area contributed by atoms with Crippen LogP contribution in [0.4, 0.5) is 0 Å². The molecule has 2 amide bonds. The number of halogens is 1. The molecule has 1 saturated heterocycles. The number of rotatable bonds is 4. The number of ether oxygens (including phenoxy) is 1. The first-order valence-corrected chi connectivity index (χ1v) is 7.52. The van der Waals surface area contributed by atoms with Crippen molar-refractivity contribution in [3.05, 3.63) is 20.8 Å². The van der Waals surface area contributed by atoms with E-state index in [0.717, 1.165) is 10.2 Å². The number of carbonyl (C=O) groups excluding carboxylic acids is 2. The molecule has 2 rings (SSSR count). The Labute approximate surface area is 123 Å². The molecule has 0 aliphatic carbocycles. The monoisotopic (exact) mass is 346 g/mol. The molecule has 104 valence electrons. The van der Waals surface area contributed by atoms with Crippen molar-refractivity contribution in [1.29, 1.82) is 0 Å². The lowest BCUT2D eigenvalue weighted by atomic mass is 10.0. The van der Waals surface area contributed by atoms with Crippen LogP contribution in [0.5, 0.6) is 0 Å². The Hall–Kier alpha value is -0.920. The van der Waals surface area contributed by atoms with Crippen LogP contribution >= 0.6 is 27.3 Å². The van der Waals surface area contributed by atoms with Crippen molar-refractivity contribution in [3.8, 4) is 0 Å². The molecule has 0 spiro atoms. The molecular formula is C12H15BrN2O3S. The Morgan fingerprint density at radius 2 is 2.32 bits per heavy atom. The van der Waals surface area contributed by atoms with Crippen LogP contribution < -0.4 is 10.6 Å². The maximum atomic E-state index is 11.8. The number of hydrogen-bond acceptors (Lipinski definition) is 4. The fraction of sp³-hybridized carbons (Fsp3) is 0.500. The van der Waals surface area contributed by atoms with Gasteiger partial charge in [0.1, 0.15) is 0 Å². The molecule has 5 nitrogen and oxygen atoms in total. The van der Waals surface area contributed by atoms with Gasteiger partial charge in [0.05, 0.1) is 27.4 Å². The van der Waals surface area contributed by atoms with Gasteiger partial charge in [0, 0.05) is 6.61 Å². The molecule has 0 aromatic carbocycles. The van der Waals surface area contributed by atoms with E-state index in [9.17, 15) is 9.59 Å². The number of nitrogens with one attached hydrogen (secondary N) is 2. The van der Waals surface area contributed by atoms with Gasteiger partial charge in [-0.1, -0.05) is 0 Å². The van der Waals surface area contributed by atoms with Gasteiger partial charge in [-0.3, -0.25) is 9.59 Å². The van der Waals surface area contributed by atoms with Gasteiger partial charge < -0.3 is 15.4 Å². The molecule has 1 aliphatic heterocycles. The Morgan fingerprint density at radius 1 is 1.53 bits per heavy atom. The van der Waals surface area contributed by atoms with Gasteiger partial charge in [0.25, 0.3) is 5.91 Å². The van der Waals surface area contributed by atoms with Crippen molar-refractivity contribution in [3.63, 3.8) is 0 Å². The van der Waals surface area contributed by atoms with E-state index < -0.39 is 0 Å². The molecule has 19 heavy (non-hydrogen) atoms. The number of amides is 2. The minimum atomic E-state index is -0.312. The van der Waals surface area contributed by atoms with E-state index in [1.807, 2.05) is 6.92 Å². The third-order valence-corrected chi connectivity index (χ3v) is 4.49. The minimum absolute atomic E-state index is 0.0239. The van der Waals surface area contributed by atoms with Crippen molar-refractivity contribution < 1.29 is 14.3 Å². The second-order valence-electron chi connectivity index (χ2n) is 4.70. The van der Waals surface area contributed by atoms with E-state index in [2.05, 4.69) is 26.6 Å². The zero-order valence-corrected chi connectivity index (χ0v) is 12.9. The zero-order chi connectivity index (χ0) is 13.9. The third kappa shape index (κ3) is 4.02. The molecule has 0 saturated carbocycles. The van der Waals surface area contributed by atoms with Crippen molar-refractivity contribution in [1.82, 2.24) is 10.6 Å². The summed E-state index contributed by atoms with van der Waals surface area (Å²) in [6.07, 6.45) is 0.796. The fourth-order valence-electron chi connectivity index (χ4n) is 1.83. The van der Waals surface area contributed by atoms with Crippen molar-refractivity contribution in [2.75, 3.05) is 19.8 Å². The van der Waals surface area contributed by atoms with E-state index in [4.69, 9.17) is 4.74 Å². The highest BCUT2D eigenvalue weighted by molar-refractivity contribution is 9.11. The predicted octanol–water partition coefficient (Wildman–Crippen LogP) is 1.54. The first-order chi connectivity index (χ1) is 8.98. The predicted molar refractivity (Wildman–Crippen MR) is 76.3 cm³/mol. The molecular weight excluding hydrogens is 332 g/mol. The second-order valence-corrected chi connectivity index (χ2v) is 7.16. The molecule has 1 aromatic rings. The van der Waals surface area contributed by atoms with Crippen LogP contribution in [0.3, 0.4) is 0 Å². The maximum absolute atomic E-state index is 11.8. The van der Waals surface area contributed by atoms with Crippen LogP contribution in [0.1, 0.15) is 23.0 Å². The number of hydrogen-bond donors (Lipinski definition) is 2. The Bertz CT molecular complexity index is 483. The lowest BCUT2D eigenvalue weighted by Crippen LogP contribution is -2.49. The van der Waals surface area contributed by atoms with Gasteiger partial charge in [0.2, 0.25) is 5.91 Å². The number of thiophene rings is 1. The Morgan fingerprint density at radius 3 is 2.89 bits per heavy atom. The quantitative estimate of drug-likeness (QED) is 0.868. The summed E-state index contributed by atoms with van der Waals surface area (Å²) in [7, 11) is 0. The lowest BCUT2D eigenvalue weighted by Gasteiger charge is -2.23. The van der Waals surface area contributed by atoms with Gasteiger partial charge in [-0.05, 0) is 41.4 Å². The summed E-state index contributed by atoms with van der Waals surface area (Å²) in [5, 5.41) is 5.48. The largest absolute Gasteiger partial charge is 0.379 e. The highest BCUT2D eigenvalue weighted by Crippen LogP contribution is 2.21.